The van der Waals surface area contributed by atoms with Crippen molar-refractivity contribution in [2.45, 2.75) is 19.6 Å². The SMILES string of the molecule is Cc1cc2oc(=O)cc(CSCC(=O)N(C)C)c2cc1C. The molecule has 0 unspecified atom stereocenters. The number of hydrogen-bond acceptors (Lipinski definition) is 4. The normalized spacial score (nSPS) is 10.9. The molecule has 4 nitrogen and oxygen atoms in total. The molecule has 1 aromatic heterocycles. The molecule has 0 spiro atoms. The van der Waals surface area contributed by atoms with Crippen LogP contribution in [0.25, 0.3) is 11.0 Å². The number of thioether (sulfide) groups is 1. The monoisotopic (exact) mass is 305 g/mol. The minimum absolute atomic E-state index is 0.0688. The third kappa shape index (κ3) is 3.67. The first-order valence-electron chi connectivity index (χ1n) is 6.70. The number of benzene rings is 1. The van der Waals surface area contributed by atoms with Crippen molar-refractivity contribution in [3.63, 3.8) is 0 Å². The van der Waals surface area contributed by atoms with Crippen molar-refractivity contribution in [3.05, 3.63) is 45.3 Å². The number of aryl methyl sites for hydroxylation is 2. The first-order chi connectivity index (χ1) is 9.88. The van der Waals surface area contributed by atoms with Crippen LogP contribution in [0.4, 0.5) is 0 Å². The van der Waals surface area contributed by atoms with Crippen LogP contribution in [0.1, 0.15) is 16.7 Å². The average Bonchev–Trinajstić information content (AvgIpc) is 2.40. The zero-order valence-corrected chi connectivity index (χ0v) is 13.5. The second-order valence-corrected chi connectivity index (χ2v) is 6.29. The van der Waals surface area contributed by atoms with Gasteiger partial charge in [-0.2, -0.15) is 0 Å². The summed E-state index contributed by atoms with van der Waals surface area (Å²) in [6, 6.07) is 5.45. The maximum Gasteiger partial charge on any atom is 0.336 e. The molecule has 0 saturated carbocycles. The number of rotatable bonds is 4. The second kappa shape index (κ2) is 6.35. The Labute approximate surface area is 128 Å². The van der Waals surface area contributed by atoms with Gasteiger partial charge in [0.05, 0.1) is 5.75 Å². The first kappa shape index (κ1) is 15.6. The Hall–Kier alpha value is -1.75. The molecule has 112 valence electrons. The number of fused-ring (bicyclic) bond motifs is 1. The minimum atomic E-state index is -0.347. The summed E-state index contributed by atoms with van der Waals surface area (Å²) >= 11 is 1.50. The van der Waals surface area contributed by atoms with Crippen molar-refractivity contribution < 1.29 is 9.21 Å². The quantitative estimate of drug-likeness (QED) is 0.815. The van der Waals surface area contributed by atoms with Crippen LogP contribution < -0.4 is 5.63 Å². The van der Waals surface area contributed by atoms with Gasteiger partial charge in [0.15, 0.2) is 0 Å². The summed E-state index contributed by atoms with van der Waals surface area (Å²) in [7, 11) is 3.48. The van der Waals surface area contributed by atoms with Crippen LogP contribution in [0.15, 0.2) is 27.4 Å². The molecule has 1 amide bonds. The highest BCUT2D eigenvalue weighted by atomic mass is 32.2. The van der Waals surface area contributed by atoms with E-state index >= 15 is 0 Å². The van der Waals surface area contributed by atoms with E-state index in [9.17, 15) is 9.59 Å². The molecule has 0 aliphatic heterocycles. The van der Waals surface area contributed by atoms with Gasteiger partial charge < -0.3 is 9.32 Å². The van der Waals surface area contributed by atoms with Crippen molar-refractivity contribution in [1.82, 2.24) is 4.90 Å². The highest BCUT2D eigenvalue weighted by Crippen LogP contribution is 2.24. The molecule has 21 heavy (non-hydrogen) atoms. The van der Waals surface area contributed by atoms with E-state index in [2.05, 4.69) is 0 Å². The summed E-state index contributed by atoms with van der Waals surface area (Å²) in [5, 5.41) is 0.947. The lowest BCUT2D eigenvalue weighted by atomic mass is 10.0. The molecule has 2 aromatic rings. The fraction of sp³-hybridized carbons (Fsp3) is 0.375. The smallest absolute Gasteiger partial charge is 0.336 e. The maximum absolute atomic E-state index is 11.7. The van der Waals surface area contributed by atoms with Gasteiger partial charge in [-0.15, -0.1) is 11.8 Å². The molecular weight excluding hydrogens is 286 g/mol. The van der Waals surface area contributed by atoms with Gasteiger partial charge in [-0.1, -0.05) is 0 Å². The fourth-order valence-electron chi connectivity index (χ4n) is 1.98. The van der Waals surface area contributed by atoms with Crippen LogP contribution in [0.5, 0.6) is 0 Å². The van der Waals surface area contributed by atoms with Gasteiger partial charge in [-0.05, 0) is 42.7 Å². The molecule has 1 heterocycles. The lowest BCUT2D eigenvalue weighted by Gasteiger charge is -2.10. The summed E-state index contributed by atoms with van der Waals surface area (Å²) < 4.78 is 5.26. The lowest BCUT2D eigenvalue weighted by molar-refractivity contribution is -0.125. The van der Waals surface area contributed by atoms with Crippen molar-refractivity contribution in [3.8, 4) is 0 Å². The third-order valence-electron chi connectivity index (χ3n) is 3.43. The van der Waals surface area contributed by atoms with Crippen LogP contribution >= 0.6 is 11.8 Å². The van der Waals surface area contributed by atoms with Gasteiger partial charge >= 0.3 is 5.63 Å². The summed E-state index contributed by atoms with van der Waals surface area (Å²) in [6.07, 6.45) is 0. The van der Waals surface area contributed by atoms with Gasteiger partial charge in [0.2, 0.25) is 5.91 Å². The molecule has 5 heteroatoms. The molecule has 0 aliphatic carbocycles. The van der Waals surface area contributed by atoms with Gasteiger partial charge in [-0.25, -0.2) is 4.79 Å². The Morgan fingerprint density at radius 1 is 1.19 bits per heavy atom. The Bertz CT molecular complexity index is 734. The summed E-state index contributed by atoms with van der Waals surface area (Å²) in [4.78, 5) is 24.8. The first-order valence-corrected chi connectivity index (χ1v) is 7.86. The number of nitrogens with zero attached hydrogens (tertiary/aromatic N) is 1. The Kier molecular flexibility index (Phi) is 4.73. The summed E-state index contributed by atoms with van der Waals surface area (Å²) in [6.45, 7) is 4.03. The van der Waals surface area contributed by atoms with Gasteiger partial charge in [0.25, 0.3) is 0 Å². The molecular formula is C16H19NO3S. The number of hydrogen-bond donors (Lipinski definition) is 0. The molecule has 2 rings (SSSR count). The van der Waals surface area contributed by atoms with Crippen LogP contribution in [0, 0.1) is 13.8 Å². The molecule has 0 bridgehead atoms. The number of carbonyl (C=O) groups is 1. The minimum Gasteiger partial charge on any atom is -0.423 e. The van der Waals surface area contributed by atoms with Crippen LogP contribution in [-0.4, -0.2) is 30.7 Å². The van der Waals surface area contributed by atoms with Crippen LogP contribution in [0.3, 0.4) is 0 Å². The van der Waals surface area contributed by atoms with E-state index in [1.807, 2.05) is 26.0 Å². The molecule has 0 atom stereocenters. The average molecular weight is 305 g/mol. The van der Waals surface area contributed by atoms with Gasteiger partial charge in [0.1, 0.15) is 5.58 Å². The van der Waals surface area contributed by atoms with Crippen molar-refractivity contribution in [2.24, 2.45) is 0 Å². The molecule has 0 N–H and O–H groups in total. The molecule has 1 aromatic carbocycles. The maximum atomic E-state index is 11.7. The highest BCUT2D eigenvalue weighted by molar-refractivity contribution is 7.99. The van der Waals surface area contributed by atoms with Crippen molar-refractivity contribution in [1.29, 1.82) is 0 Å². The third-order valence-corrected chi connectivity index (χ3v) is 4.39. The van der Waals surface area contributed by atoms with E-state index < -0.39 is 0 Å². The highest BCUT2D eigenvalue weighted by Gasteiger charge is 2.09. The summed E-state index contributed by atoms with van der Waals surface area (Å²) in [5.74, 6) is 1.09. The van der Waals surface area contributed by atoms with E-state index in [4.69, 9.17) is 4.42 Å². The van der Waals surface area contributed by atoms with Crippen LogP contribution in [-0.2, 0) is 10.5 Å². The van der Waals surface area contributed by atoms with Gasteiger partial charge in [-0.3, -0.25) is 4.79 Å². The molecule has 0 aliphatic rings. The Morgan fingerprint density at radius 2 is 1.86 bits per heavy atom. The zero-order chi connectivity index (χ0) is 15.6. The second-order valence-electron chi connectivity index (χ2n) is 5.30. The van der Waals surface area contributed by atoms with E-state index in [-0.39, 0.29) is 11.5 Å². The largest absolute Gasteiger partial charge is 0.423 e. The van der Waals surface area contributed by atoms with Crippen LogP contribution in [0.2, 0.25) is 0 Å². The van der Waals surface area contributed by atoms with E-state index in [1.165, 1.54) is 17.8 Å². The fourth-order valence-corrected chi connectivity index (χ4v) is 2.97. The predicted octanol–water partition coefficient (Wildman–Crippen LogP) is 2.73. The summed E-state index contributed by atoms with van der Waals surface area (Å²) in [5.41, 5.74) is 3.44. The zero-order valence-electron chi connectivity index (χ0n) is 12.7. The Balaban J connectivity index is 2.29. The van der Waals surface area contributed by atoms with E-state index in [0.29, 0.717) is 17.1 Å². The van der Waals surface area contributed by atoms with E-state index in [0.717, 1.165) is 22.1 Å². The van der Waals surface area contributed by atoms with Crippen molar-refractivity contribution >= 4 is 28.6 Å². The predicted molar refractivity (Wildman–Crippen MR) is 86.8 cm³/mol. The Morgan fingerprint density at radius 3 is 2.52 bits per heavy atom. The standard InChI is InChI=1S/C16H19NO3S/c1-10-5-13-12(8-21-9-15(18)17(3)4)7-16(19)20-14(13)6-11(10)2/h5-7H,8-9H2,1-4H3. The molecule has 0 radical (unpaired) electrons. The molecule has 0 saturated heterocycles. The lowest BCUT2D eigenvalue weighted by Crippen LogP contribution is -2.23. The van der Waals surface area contributed by atoms with E-state index in [1.54, 1.807) is 19.0 Å². The topological polar surface area (TPSA) is 50.5 Å². The molecule has 0 fully saturated rings. The number of carbonyl (C=O) groups excluding carboxylic acids is 1. The number of amides is 1. The van der Waals surface area contributed by atoms with Gasteiger partial charge in [0, 0.05) is 31.3 Å². The van der Waals surface area contributed by atoms with Crippen molar-refractivity contribution in [2.75, 3.05) is 19.8 Å².